The molecule has 0 bridgehead atoms. The van der Waals surface area contributed by atoms with E-state index >= 15 is 0 Å². The second kappa shape index (κ2) is 2.94. The van der Waals surface area contributed by atoms with Crippen LogP contribution in [0.4, 0.5) is 5.82 Å². The lowest BCUT2D eigenvalue weighted by Crippen LogP contribution is -1.99. The van der Waals surface area contributed by atoms with Crippen LogP contribution in [-0.2, 0) is 11.8 Å². The first kappa shape index (κ1) is 7.86. The number of benzene rings is 1. The largest absolute Gasteiger partial charge is 0.330 e. The van der Waals surface area contributed by atoms with E-state index < -0.39 is 0 Å². The van der Waals surface area contributed by atoms with Crippen LogP contribution in [0.2, 0.25) is 0 Å². The molecule has 3 nitrogen and oxygen atoms in total. The highest BCUT2D eigenvalue weighted by molar-refractivity contribution is 5.87. The van der Waals surface area contributed by atoms with Gasteiger partial charge in [0.05, 0.1) is 0 Å². The maximum Gasteiger partial charge on any atom is 0.212 e. The fraction of sp³-hybridized carbons (Fsp3) is 0.100. The van der Waals surface area contributed by atoms with E-state index in [1.54, 1.807) is 0 Å². The van der Waals surface area contributed by atoms with Gasteiger partial charge < -0.3 is 9.88 Å². The van der Waals surface area contributed by atoms with E-state index in [1.807, 2.05) is 41.9 Å². The van der Waals surface area contributed by atoms with E-state index in [0.717, 1.165) is 16.7 Å². The summed E-state index contributed by atoms with van der Waals surface area (Å²) in [6.07, 6.45) is 0.689. The third kappa shape index (κ3) is 1.18. The van der Waals surface area contributed by atoms with Crippen molar-refractivity contribution in [2.45, 2.75) is 0 Å². The van der Waals surface area contributed by atoms with Crippen molar-refractivity contribution in [3.8, 4) is 0 Å². The second-order valence-corrected chi connectivity index (χ2v) is 2.91. The molecule has 1 amide bonds. The first-order chi connectivity index (χ1) is 6.33. The van der Waals surface area contributed by atoms with Gasteiger partial charge in [0.2, 0.25) is 6.41 Å². The van der Waals surface area contributed by atoms with Crippen LogP contribution < -0.4 is 5.32 Å². The van der Waals surface area contributed by atoms with Crippen LogP contribution in [0, 0.1) is 0 Å². The number of anilines is 1. The van der Waals surface area contributed by atoms with Gasteiger partial charge in [-0.3, -0.25) is 4.79 Å². The minimum atomic E-state index is 0.689. The highest BCUT2D eigenvalue weighted by Crippen LogP contribution is 2.21. The van der Waals surface area contributed by atoms with Crippen molar-refractivity contribution in [2.75, 3.05) is 5.32 Å². The topological polar surface area (TPSA) is 34.0 Å². The lowest BCUT2D eigenvalue weighted by molar-refractivity contribution is -0.105. The number of hydrogen-bond donors (Lipinski definition) is 1. The smallest absolute Gasteiger partial charge is 0.212 e. The Morgan fingerprint density at radius 1 is 1.38 bits per heavy atom. The van der Waals surface area contributed by atoms with Crippen molar-refractivity contribution in [3.63, 3.8) is 0 Å². The molecule has 66 valence electrons. The molecule has 2 aromatic rings. The molecule has 0 unspecified atom stereocenters. The van der Waals surface area contributed by atoms with E-state index in [9.17, 15) is 4.79 Å². The number of carbonyl (C=O) groups excluding carboxylic acids is 1. The summed E-state index contributed by atoms with van der Waals surface area (Å²) in [5, 5.41) is 3.78. The summed E-state index contributed by atoms with van der Waals surface area (Å²) in [5.74, 6) is 0.816. The molecule has 0 saturated carbocycles. The Labute approximate surface area is 76.0 Å². The Kier molecular flexibility index (Phi) is 1.77. The zero-order valence-corrected chi connectivity index (χ0v) is 7.32. The quantitative estimate of drug-likeness (QED) is 0.691. The number of nitrogens with zero attached hydrogens (tertiary/aromatic N) is 1. The Balaban J connectivity index is 2.66. The summed E-state index contributed by atoms with van der Waals surface area (Å²) >= 11 is 0. The average molecular weight is 174 g/mol. The van der Waals surface area contributed by atoms with Gasteiger partial charge in [-0.15, -0.1) is 0 Å². The summed E-state index contributed by atoms with van der Waals surface area (Å²) < 4.78 is 1.95. The molecule has 1 N–H and O–H groups in total. The third-order valence-electron chi connectivity index (χ3n) is 2.16. The SMILES string of the molecule is Cn1c(NC=O)cc2ccccc21. The highest BCUT2D eigenvalue weighted by atomic mass is 16.1. The minimum absolute atomic E-state index is 0.689. The van der Waals surface area contributed by atoms with E-state index in [2.05, 4.69) is 5.32 Å². The normalized spacial score (nSPS) is 10.2. The lowest BCUT2D eigenvalue weighted by Gasteiger charge is -2.00. The van der Waals surface area contributed by atoms with Gasteiger partial charge in [-0.2, -0.15) is 0 Å². The molecule has 1 aromatic heterocycles. The van der Waals surface area contributed by atoms with Crippen LogP contribution in [0.1, 0.15) is 0 Å². The van der Waals surface area contributed by atoms with Crippen LogP contribution in [0.5, 0.6) is 0 Å². The standard InChI is InChI=1S/C10H10N2O/c1-12-9-5-3-2-4-8(9)6-10(12)11-7-13/h2-7H,1H3,(H,11,13). The van der Waals surface area contributed by atoms with Gasteiger partial charge in [0, 0.05) is 18.0 Å². The third-order valence-corrected chi connectivity index (χ3v) is 2.16. The maximum absolute atomic E-state index is 10.3. The highest BCUT2D eigenvalue weighted by Gasteiger charge is 2.02. The summed E-state index contributed by atoms with van der Waals surface area (Å²) in [7, 11) is 1.92. The molecular formula is C10H10N2O. The summed E-state index contributed by atoms with van der Waals surface area (Å²) in [6.45, 7) is 0. The van der Waals surface area contributed by atoms with E-state index in [0.29, 0.717) is 6.41 Å². The number of carbonyl (C=O) groups is 1. The van der Waals surface area contributed by atoms with Crippen molar-refractivity contribution >= 4 is 23.1 Å². The molecule has 1 aromatic carbocycles. The molecule has 0 spiro atoms. The van der Waals surface area contributed by atoms with Crippen molar-refractivity contribution in [2.24, 2.45) is 7.05 Å². The van der Waals surface area contributed by atoms with Gasteiger partial charge >= 0.3 is 0 Å². The van der Waals surface area contributed by atoms with E-state index in [4.69, 9.17) is 0 Å². The predicted molar refractivity (Wildman–Crippen MR) is 52.6 cm³/mol. The van der Waals surface area contributed by atoms with Gasteiger partial charge in [0.25, 0.3) is 0 Å². The average Bonchev–Trinajstić information content (AvgIpc) is 2.46. The molecule has 0 fully saturated rings. The van der Waals surface area contributed by atoms with E-state index in [1.165, 1.54) is 0 Å². The Morgan fingerprint density at radius 3 is 2.85 bits per heavy atom. The number of amides is 1. The summed E-state index contributed by atoms with van der Waals surface area (Å²) in [6, 6.07) is 9.94. The van der Waals surface area contributed by atoms with Crippen molar-refractivity contribution < 1.29 is 4.79 Å². The molecule has 0 saturated heterocycles. The number of aryl methyl sites for hydroxylation is 1. The van der Waals surface area contributed by atoms with Gasteiger partial charge in [-0.05, 0) is 12.1 Å². The first-order valence-corrected chi connectivity index (χ1v) is 4.07. The van der Waals surface area contributed by atoms with Crippen molar-refractivity contribution in [1.29, 1.82) is 0 Å². The number of fused-ring (bicyclic) bond motifs is 1. The number of hydrogen-bond acceptors (Lipinski definition) is 1. The number of para-hydroxylation sites is 1. The van der Waals surface area contributed by atoms with Crippen LogP contribution in [0.25, 0.3) is 10.9 Å². The van der Waals surface area contributed by atoms with Gasteiger partial charge in [-0.1, -0.05) is 18.2 Å². The Bertz CT molecular complexity index is 445. The molecule has 0 radical (unpaired) electrons. The number of aromatic nitrogens is 1. The molecule has 3 heteroatoms. The maximum atomic E-state index is 10.3. The van der Waals surface area contributed by atoms with Crippen LogP contribution in [0.3, 0.4) is 0 Å². The molecule has 13 heavy (non-hydrogen) atoms. The fourth-order valence-electron chi connectivity index (χ4n) is 1.49. The molecule has 0 atom stereocenters. The Morgan fingerprint density at radius 2 is 2.15 bits per heavy atom. The number of rotatable bonds is 2. The first-order valence-electron chi connectivity index (χ1n) is 4.07. The molecule has 0 aliphatic rings. The van der Waals surface area contributed by atoms with Gasteiger partial charge in [0.15, 0.2) is 0 Å². The lowest BCUT2D eigenvalue weighted by atomic mass is 10.2. The molecule has 0 aliphatic carbocycles. The van der Waals surface area contributed by atoms with E-state index in [-0.39, 0.29) is 0 Å². The minimum Gasteiger partial charge on any atom is -0.330 e. The Hall–Kier alpha value is -1.77. The molecular weight excluding hydrogens is 164 g/mol. The predicted octanol–water partition coefficient (Wildman–Crippen LogP) is 1.75. The molecule has 2 rings (SSSR count). The van der Waals surface area contributed by atoms with Crippen molar-refractivity contribution in [3.05, 3.63) is 30.3 Å². The second-order valence-electron chi connectivity index (χ2n) is 2.91. The van der Waals surface area contributed by atoms with Gasteiger partial charge in [0.1, 0.15) is 5.82 Å². The van der Waals surface area contributed by atoms with Crippen LogP contribution in [-0.4, -0.2) is 11.0 Å². The monoisotopic (exact) mass is 174 g/mol. The fourth-order valence-corrected chi connectivity index (χ4v) is 1.49. The van der Waals surface area contributed by atoms with Crippen LogP contribution >= 0.6 is 0 Å². The number of nitrogens with one attached hydrogen (secondary N) is 1. The summed E-state index contributed by atoms with van der Waals surface area (Å²) in [4.78, 5) is 10.3. The van der Waals surface area contributed by atoms with Gasteiger partial charge in [-0.25, -0.2) is 0 Å². The zero-order chi connectivity index (χ0) is 9.26. The zero-order valence-electron chi connectivity index (χ0n) is 7.32. The summed E-state index contributed by atoms with van der Waals surface area (Å²) in [5.41, 5.74) is 1.12. The van der Waals surface area contributed by atoms with Crippen LogP contribution in [0.15, 0.2) is 30.3 Å². The van der Waals surface area contributed by atoms with Crippen molar-refractivity contribution in [1.82, 2.24) is 4.57 Å². The molecule has 1 heterocycles. The molecule has 0 aliphatic heterocycles.